The average Bonchev–Trinajstić information content (AvgIpc) is 3.32. The number of halogens is 1. The molecule has 1 saturated carbocycles. The Labute approximate surface area is 135 Å². The highest BCUT2D eigenvalue weighted by molar-refractivity contribution is 9.10. The molecule has 3 nitrogen and oxygen atoms in total. The molecule has 0 unspecified atom stereocenters. The summed E-state index contributed by atoms with van der Waals surface area (Å²) in [4.78, 5) is 14.4. The summed E-state index contributed by atoms with van der Waals surface area (Å²) in [5.74, 6) is 1.19. The van der Waals surface area contributed by atoms with Gasteiger partial charge in [-0.25, -0.2) is 0 Å². The Bertz CT molecular complexity index is 476. The van der Waals surface area contributed by atoms with Gasteiger partial charge in [-0.05, 0) is 55.8 Å². The first-order valence-corrected chi connectivity index (χ1v) is 8.75. The maximum Gasteiger partial charge on any atom is 0.226 e. The van der Waals surface area contributed by atoms with Gasteiger partial charge < -0.3 is 10.2 Å². The zero-order valence-corrected chi connectivity index (χ0v) is 13.9. The fourth-order valence-electron chi connectivity index (χ4n) is 2.88. The van der Waals surface area contributed by atoms with Crippen LogP contribution in [0.1, 0.15) is 31.2 Å². The van der Waals surface area contributed by atoms with E-state index in [2.05, 4.69) is 21.2 Å². The molecule has 0 atom stereocenters. The van der Waals surface area contributed by atoms with Crippen LogP contribution in [0.2, 0.25) is 0 Å². The molecule has 2 aliphatic rings. The summed E-state index contributed by atoms with van der Waals surface area (Å²) in [6.45, 7) is 2.98. The average molecular weight is 351 g/mol. The minimum absolute atomic E-state index is 0.262. The lowest BCUT2D eigenvalue weighted by Gasteiger charge is -2.32. The van der Waals surface area contributed by atoms with Gasteiger partial charge in [0.15, 0.2) is 0 Å². The van der Waals surface area contributed by atoms with Crippen LogP contribution in [0.25, 0.3) is 0 Å². The van der Waals surface area contributed by atoms with Crippen LogP contribution in [-0.2, 0) is 11.2 Å². The molecule has 1 heterocycles. The molecule has 114 valence electrons. The Hall–Kier alpha value is -0.870. The molecule has 1 aromatic carbocycles. The van der Waals surface area contributed by atoms with E-state index in [4.69, 9.17) is 0 Å². The molecule has 1 aliphatic carbocycles. The van der Waals surface area contributed by atoms with Gasteiger partial charge in [0, 0.05) is 23.6 Å². The third kappa shape index (κ3) is 4.55. The van der Waals surface area contributed by atoms with E-state index in [1.165, 1.54) is 19.4 Å². The Morgan fingerprint density at radius 2 is 1.81 bits per heavy atom. The van der Waals surface area contributed by atoms with E-state index in [1.54, 1.807) is 0 Å². The number of carbonyl (C=O) groups is 1. The highest BCUT2D eigenvalue weighted by Crippen LogP contribution is 2.28. The minimum atomic E-state index is 0.262. The number of nitrogens with zero attached hydrogens (tertiary/aromatic N) is 1. The number of likely N-dealkylation sites (tertiary alicyclic amines) is 1. The fraction of sp³-hybridized carbons (Fsp3) is 0.588. The van der Waals surface area contributed by atoms with E-state index in [0.717, 1.165) is 41.9 Å². The monoisotopic (exact) mass is 350 g/mol. The molecular formula is C17H23BrN2O. The van der Waals surface area contributed by atoms with Crippen LogP contribution >= 0.6 is 15.9 Å². The van der Waals surface area contributed by atoms with Crippen molar-refractivity contribution in [1.29, 1.82) is 0 Å². The Morgan fingerprint density at radius 3 is 2.43 bits per heavy atom. The number of amides is 1. The quantitative estimate of drug-likeness (QED) is 0.885. The lowest BCUT2D eigenvalue weighted by atomic mass is 10.0. The third-order valence-corrected chi connectivity index (χ3v) is 5.04. The first-order valence-electron chi connectivity index (χ1n) is 7.96. The Balaban J connectivity index is 1.42. The van der Waals surface area contributed by atoms with Gasteiger partial charge >= 0.3 is 0 Å². The SMILES string of the molecule is O=C(Cc1ccc(Br)cc1)N1CCC(NCC2CC2)CC1. The Kier molecular flexibility index (Phi) is 4.96. The van der Waals surface area contributed by atoms with Crippen molar-refractivity contribution >= 4 is 21.8 Å². The van der Waals surface area contributed by atoms with Crippen molar-refractivity contribution in [3.8, 4) is 0 Å². The van der Waals surface area contributed by atoms with Gasteiger partial charge in [0.25, 0.3) is 0 Å². The minimum Gasteiger partial charge on any atom is -0.342 e. The largest absolute Gasteiger partial charge is 0.342 e. The lowest BCUT2D eigenvalue weighted by molar-refractivity contribution is -0.131. The number of rotatable bonds is 5. The van der Waals surface area contributed by atoms with Crippen molar-refractivity contribution in [2.45, 2.75) is 38.1 Å². The number of hydrogen-bond acceptors (Lipinski definition) is 2. The molecule has 0 radical (unpaired) electrons. The molecule has 3 rings (SSSR count). The zero-order valence-electron chi connectivity index (χ0n) is 12.4. The standard InChI is InChI=1S/C17H23BrN2O/c18-15-5-3-13(4-6-15)11-17(21)20-9-7-16(8-10-20)19-12-14-1-2-14/h3-6,14,16,19H,1-2,7-12H2. The summed E-state index contributed by atoms with van der Waals surface area (Å²) in [6.07, 6.45) is 5.51. The van der Waals surface area contributed by atoms with Crippen molar-refractivity contribution in [3.63, 3.8) is 0 Å². The molecule has 1 amide bonds. The van der Waals surface area contributed by atoms with Gasteiger partial charge in [-0.3, -0.25) is 4.79 Å². The maximum atomic E-state index is 12.3. The molecule has 0 spiro atoms. The summed E-state index contributed by atoms with van der Waals surface area (Å²) in [5.41, 5.74) is 1.09. The van der Waals surface area contributed by atoms with Crippen molar-refractivity contribution in [2.24, 2.45) is 5.92 Å². The van der Waals surface area contributed by atoms with Crippen molar-refractivity contribution in [3.05, 3.63) is 34.3 Å². The van der Waals surface area contributed by atoms with E-state index in [9.17, 15) is 4.79 Å². The van der Waals surface area contributed by atoms with Crippen molar-refractivity contribution in [2.75, 3.05) is 19.6 Å². The molecule has 1 aliphatic heterocycles. The van der Waals surface area contributed by atoms with Gasteiger partial charge in [-0.1, -0.05) is 28.1 Å². The van der Waals surface area contributed by atoms with Crippen LogP contribution in [0.3, 0.4) is 0 Å². The first kappa shape index (κ1) is 15.0. The second-order valence-electron chi connectivity index (χ2n) is 6.31. The number of benzene rings is 1. The van der Waals surface area contributed by atoms with E-state index >= 15 is 0 Å². The molecule has 1 saturated heterocycles. The molecule has 0 aromatic heterocycles. The van der Waals surface area contributed by atoms with E-state index in [0.29, 0.717) is 12.5 Å². The van der Waals surface area contributed by atoms with Crippen LogP contribution in [0.4, 0.5) is 0 Å². The van der Waals surface area contributed by atoms with Crippen LogP contribution < -0.4 is 5.32 Å². The van der Waals surface area contributed by atoms with E-state index in [-0.39, 0.29) is 5.91 Å². The number of hydrogen-bond donors (Lipinski definition) is 1. The number of piperidine rings is 1. The molecule has 1 N–H and O–H groups in total. The second kappa shape index (κ2) is 6.93. The predicted octanol–water partition coefficient (Wildman–Crippen LogP) is 2.98. The molecule has 2 fully saturated rings. The number of carbonyl (C=O) groups excluding carboxylic acids is 1. The molecule has 1 aromatic rings. The molecule has 21 heavy (non-hydrogen) atoms. The van der Waals surface area contributed by atoms with Crippen molar-refractivity contribution < 1.29 is 4.79 Å². The van der Waals surface area contributed by atoms with Crippen LogP contribution in [-0.4, -0.2) is 36.5 Å². The zero-order chi connectivity index (χ0) is 14.7. The number of nitrogens with one attached hydrogen (secondary N) is 1. The topological polar surface area (TPSA) is 32.3 Å². The smallest absolute Gasteiger partial charge is 0.226 e. The normalized spacial score (nSPS) is 19.8. The predicted molar refractivity (Wildman–Crippen MR) is 88.2 cm³/mol. The third-order valence-electron chi connectivity index (χ3n) is 4.51. The lowest BCUT2D eigenvalue weighted by Crippen LogP contribution is -2.45. The highest BCUT2D eigenvalue weighted by atomic mass is 79.9. The second-order valence-corrected chi connectivity index (χ2v) is 7.23. The summed E-state index contributed by atoms with van der Waals surface area (Å²) >= 11 is 3.42. The molecule has 0 bridgehead atoms. The van der Waals surface area contributed by atoms with E-state index in [1.807, 2.05) is 29.2 Å². The molecular weight excluding hydrogens is 328 g/mol. The summed E-state index contributed by atoms with van der Waals surface area (Å²) < 4.78 is 1.06. The van der Waals surface area contributed by atoms with Gasteiger partial charge in [0.05, 0.1) is 6.42 Å². The van der Waals surface area contributed by atoms with Gasteiger partial charge in [0.1, 0.15) is 0 Å². The van der Waals surface area contributed by atoms with Crippen LogP contribution in [0, 0.1) is 5.92 Å². The van der Waals surface area contributed by atoms with Crippen LogP contribution in [0.15, 0.2) is 28.7 Å². The van der Waals surface area contributed by atoms with Gasteiger partial charge in [-0.2, -0.15) is 0 Å². The summed E-state index contributed by atoms with van der Waals surface area (Å²) in [6, 6.07) is 8.65. The maximum absolute atomic E-state index is 12.3. The summed E-state index contributed by atoms with van der Waals surface area (Å²) in [5, 5.41) is 3.66. The summed E-state index contributed by atoms with van der Waals surface area (Å²) in [7, 11) is 0. The van der Waals surface area contributed by atoms with E-state index < -0.39 is 0 Å². The van der Waals surface area contributed by atoms with Gasteiger partial charge in [0.2, 0.25) is 5.91 Å². The molecule has 4 heteroatoms. The van der Waals surface area contributed by atoms with Crippen molar-refractivity contribution in [1.82, 2.24) is 10.2 Å². The van der Waals surface area contributed by atoms with Crippen LogP contribution in [0.5, 0.6) is 0 Å². The highest BCUT2D eigenvalue weighted by Gasteiger charge is 2.25. The first-order chi connectivity index (χ1) is 10.2. The van der Waals surface area contributed by atoms with Gasteiger partial charge in [-0.15, -0.1) is 0 Å². The Morgan fingerprint density at radius 1 is 1.14 bits per heavy atom. The fourth-order valence-corrected chi connectivity index (χ4v) is 3.14.